The van der Waals surface area contributed by atoms with Crippen molar-refractivity contribution in [1.82, 2.24) is 15.1 Å². The molecule has 1 aromatic carbocycles. The monoisotopic (exact) mass is 375 g/mol. The minimum absolute atomic E-state index is 0.140. The van der Waals surface area contributed by atoms with Gasteiger partial charge in [0.2, 0.25) is 0 Å². The van der Waals surface area contributed by atoms with Crippen molar-refractivity contribution < 1.29 is 19.1 Å². The van der Waals surface area contributed by atoms with Crippen molar-refractivity contribution in [2.75, 3.05) is 39.3 Å². The van der Waals surface area contributed by atoms with Gasteiger partial charge in [-0.1, -0.05) is 30.3 Å². The van der Waals surface area contributed by atoms with Gasteiger partial charge in [0.1, 0.15) is 12.2 Å². The van der Waals surface area contributed by atoms with Gasteiger partial charge in [-0.2, -0.15) is 0 Å². The van der Waals surface area contributed by atoms with Crippen LogP contribution in [0.4, 0.5) is 9.59 Å². The van der Waals surface area contributed by atoms with Crippen LogP contribution in [-0.2, 0) is 16.1 Å². The zero-order valence-electron chi connectivity index (χ0n) is 16.4. The van der Waals surface area contributed by atoms with Crippen LogP contribution in [0.1, 0.15) is 26.3 Å². The third kappa shape index (κ3) is 5.13. The lowest BCUT2D eigenvalue weighted by atomic mass is 9.81. The minimum atomic E-state index is -0.539. The van der Waals surface area contributed by atoms with Gasteiger partial charge >= 0.3 is 12.2 Å². The summed E-state index contributed by atoms with van der Waals surface area (Å²) >= 11 is 0. The Morgan fingerprint density at radius 1 is 1.04 bits per heavy atom. The number of benzene rings is 1. The number of nitrogens with zero attached hydrogens (tertiary/aromatic N) is 2. The molecule has 2 aliphatic heterocycles. The Bertz CT molecular complexity index is 668. The fourth-order valence-corrected chi connectivity index (χ4v) is 3.41. The summed E-state index contributed by atoms with van der Waals surface area (Å²) in [5.41, 5.74) is 0.276. The molecule has 7 nitrogen and oxygen atoms in total. The van der Waals surface area contributed by atoms with Crippen molar-refractivity contribution in [2.45, 2.75) is 33.0 Å². The molecule has 2 aliphatic rings. The third-order valence-corrected chi connectivity index (χ3v) is 4.81. The van der Waals surface area contributed by atoms with Gasteiger partial charge in [-0.25, -0.2) is 9.59 Å². The summed E-state index contributed by atoms with van der Waals surface area (Å²) < 4.78 is 11.0. The topological polar surface area (TPSA) is 71.1 Å². The zero-order valence-corrected chi connectivity index (χ0v) is 16.4. The van der Waals surface area contributed by atoms with E-state index < -0.39 is 5.60 Å². The van der Waals surface area contributed by atoms with E-state index in [1.165, 1.54) is 0 Å². The largest absolute Gasteiger partial charge is 0.445 e. The van der Waals surface area contributed by atoms with Crippen LogP contribution in [0.25, 0.3) is 0 Å². The van der Waals surface area contributed by atoms with Crippen molar-refractivity contribution in [1.29, 1.82) is 0 Å². The van der Waals surface area contributed by atoms with Crippen molar-refractivity contribution in [3.8, 4) is 0 Å². The van der Waals surface area contributed by atoms with Gasteiger partial charge in [-0.15, -0.1) is 0 Å². The van der Waals surface area contributed by atoms with E-state index >= 15 is 0 Å². The maximum absolute atomic E-state index is 12.6. The number of carbonyl (C=O) groups excluding carboxylic acids is 2. The molecule has 0 bridgehead atoms. The van der Waals surface area contributed by atoms with Gasteiger partial charge in [0, 0.05) is 44.7 Å². The molecule has 27 heavy (non-hydrogen) atoms. The highest BCUT2D eigenvalue weighted by Gasteiger charge is 2.45. The number of ether oxygens (including phenoxy) is 2. The van der Waals surface area contributed by atoms with E-state index in [4.69, 9.17) is 9.47 Å². The van der Waals surface area contributed by atoms with Crippen LogP contribution in [0.3, 0.4) is 0 Å². The number of hydrogen-bond acceptors (Lipinski definition) is 5. The maximum Gasteiger partial charge on any atom is 0.410 e. The van der Waals surface area contributed by atoms with Crippen molar-refractivity contribution in [3.05, 3.63) is 35.9 Å². The average Bonchev–Trinajstić information content (AvgIpc) is 2.80. The van der Waals surface area contributed by atoms with Crippen LogP contribution in [-0.4, -0.2) is 66.9 Å². The van der Waals surface area contributed by atoms with E-state index in [0.29, 0.717) is 26.2 Å². The lowest BCUT2D eigenvalue weighted by Crippen LogP contribution is -2.62. The standard InChI is InChI=1S/C20H29N3O4/c1-19(2,3)27-18(25)23-10-9-22(14-20(15-23)12-21-13-20)17(24)26-11-16-7-5-4-6-8-16/h4-8,21H,9-15H2,1-3H3. The van der Waals surface area contributed by atoms with Gasteiger partial charge in [-0.3, -0.25) is 0 Å². The Hall–Kier alpha value is -2.28. The first-order chi connectivity index (χ1) is 12.8. The molecule has 2 heterocycles. The molecule has 0 radical (unpaired) electrons. The fourth-order valence-electron chi connectivity index (χ4n) is 3.41. The highest BCUT2D eigenvalue weighted by molar-refractivity contribution is 5.70. The van der Waals surface area contributed by atoms with Crippen LogP contribution in [0.5, 0.6) is 0 Å². The Balaban J connectivity index is 1.62. The quantitative estimate of drug-likeness (QED) is 0.860. The van der Waals surface area contributed by atoms with Gasteiger partial charge in [0.15, 0.2) is 0 Å². The highest BCUT2D eigenvalue weighted by Crippen LogP contribution is 2.29. The predicted octanol–water partition coefficient (Wildman–Crippen LogP) is 2.47. The first-order valence-electron chi connectivity index (χ1n) is 9.41. The number of amides is 2. The second kappa shape index (κ2) is 7.76. The summed E-state index contributed by atoms with van der Waals surface area (Å²) in [6.45, 7) is 9.40. The van der Waals surface area contributed by atoms with E-state index in [1.807, 2.05) is 51.1 Å². The number of rotatable bonds is 2. The summed E-state index contributed by atoms with van der Waals surface area (Å²) in [5.74, 6) is 0. The molecule has 3 rings (SSSR count). The van der Waals surface area contributed by atoms with Crippen molar-refractivity contribution >= 4 is 12.2 Å². The maximum atomic E-state index is 12.6. The lowest BCUT2D eigenvalue weighted by molar-refractivity contribution is 0.0135. The molecule has 148 valence electrons. The first-order valence-corrected chi connectivity index (χ1v) is 9.41. The molecule has 0 saturated carbocycles. The predicted molar refractivity (Wildman–Crippen MR) is 101 cm³/mol. The van der Waals surface area contributed by atoms with Crippen LogP contribution in [0, 0.1) is 5.41 Å². The van der Waals surface area contributed by atoms with Crippen LogP contribution in [0.2, 0.25) is 0 Å². The second-order valence-corrected chi connectivity index (χ2v) is 8.47. The first kappa shape index (κ1) is 19.5. The highest BCUT2D eigenvalue weighted by atomic mass is 16.6. The van der Waals surface area contributed by atoms with Crippen LogP contribution >= 0.6 is 0 Å². The number of nitrogens with one attached hydrogen (secondary N) is 1. The zero-order chi connectivity index (χ0) is 19.5. The molecule has 1 N–H and O–H groups in total. The van der Waals surface area contributed by atoms with Crippen molar-refractivity contribution in [3.63, 3.8) is 0 Å². The van der Waals surface area contributed by atoms with Gasteiger partial charge < -0.3 is 24.6 Å². The van der Waals surface area contributed by atoms with Gasteiger partial charge in [-0.05, 0) is 26.3 Å². The molecule has 2 saturated heterocycles. The Labute approximate surface area is 160 Å². The normalized spacial score (nSPS) is 19.2. The molecule has 2 fully saturated rings. The number of carbonyl (C=O) groups is 2. The van der Waals surface area contributed by atoms with Crippen LogP contribution < -0.4 is 5.32 Å². The summed E-state index contributed by atoms with van der Waals surface area (Å²) in [7, 11) is 0. The van der Waals surface area contributed by atoms with Gasteiger partial charge in [0.25, 0.3) is 0 Å². The molecule has 2 amide bonds. The minimum Gasteiger partial charge on any atom is -0.445 e. The lowest BCUT2D eigenvalue weighted by Gasteiger charge is -2.45. The second-order valence-electron chi connectivity index (χ2n) is 8.47. The Morgan fingerprint density at radius 2 is 1.63 bits per heavy atom. The average molecular weight is 375 g/mol. The van der Waals surface area contributed by atoms with E-state index in [2.05, 4.69) is 5.32 Å². The summed E-state index contributed by atoms with van der Waals surface area (Å²) in [6, 6.07) is 9.62. The molecule has 0 aromatic heterocycles. The Morgan fingerprint density at radius 3 is 2.15 bits per heavy atom. The molecule has 1 aromatic rings. The Kier molecular flexibility index (Phi) is 5.60. The smallest absolute Gasteiger partial charge is 0.410 e. The van der Waals surface area contributed by atoms with E-state index in [0.717, 1.165) is 18.7 Å². The molecular weight excluding hydrogens is 346 g/mol. The third-order valence-electron chi connectivity index (χ3n) is 4.81. The van der Waals surface area contributed by atoms with Crippen molar-refractivity contribution in [2.24, 2.45) is 5.41 Å². The molecule has 7 heteroatoms. The summed E-state index contributed by atoms with van der Waals surface area (Å²) in [5, 5.41) is 3.27. The van der Waals surface area contributed by atoms with Gasteiger partial charge in [0.05, 0.1) is 0 Å². The summed E-state index contributed by atoms with van der Waals surface area (Å²) in [6.07, 6.45) is -0.663. The molecule has 1 spiro atoms. The van der Waals surface area contributed by atoms with E-state index in [-0.39, 0.29) is 24.2 Å². The summed E-state index contributed by atoms with van der Waals surface area (Å²) in [4.78, 5) is 28.6. The molecule has 0 atom stereocenters. The number of hydrogen-bond donors (Lipinski definition) is 1. The van der Waals surface area contributed by atoms with E-state index in [9.17, 15) is 9.59 Å². The molecular formula is C20H29N3O4. The van der Waals surface area contributed by atoms with Crippen LogP contribution in [0.15, 0.2) is 30.3 Å². The fraction of sp³-hybridized carbons (Fsp3) is 0.600. The van der Waals surface area contributed by atoms with E-state index in [1.54, 1.807) is 9.80 Å². The SMILES string of the molecule is CC(C)(C)OC(=O)N1CCN(C(=O)OCc2ccccc2)CC2(CNC2)C1. The molecule has 0 unspecified atom stereocenters. The molecule has 0 aliphatic carbocycles.